The van der Waals surface area contributed by atoms with Gasteiger partial charge in [-0.05, 0) is 50.3 Å². The minimum Gasteiger partial charge on any atom is -0.316 e. The van der Waals surface area contributed by atoms with E-state index >= 15 is 0 Å². The van der Waals surface area contributed by atoms with Crippen LogP contribution in [-0.2, 0) is 10.0 Å². The molecule has 0 spiro atoms. The van der Waals surface area contributed by atoms with Crippen LogP contribution in [0.2, 0.25) is 0 Å². The summed E-state index contributed by atoms with van der Waals surface area (Å²) >= 11 is 0. The first-order valence-corrected chi connectivity index (χ1v) is 11.1. The predicted molar refractivity (Wildman–Crippen MR) is 105 cm³/mol. The van der Waals surface area contributed by atoms with Gasteiger partial charge in [0.05, 0.1) is 11.9 Å². The standard InChI is InChI=1S/C19H22N6O2S/c26-28(27,15-4-2-8-21-11-15)24-18-9-17(14-3-1-7-20-10-14)23-19-16(13-5-6-13)12-22-25(18)19/h2,4,8-9,11-14,20,24H,1,3,5-7,10H2. The number of rotatable bonds is 5. The molecule has 4 heterocycles. The van der Waals surface area contributed by atoms with Gasteiger partial charge in [-0.1, -0.05) is 0 Å². The van der Waals surface area contributed by atoms with E-state index in [2.05, 4.69) is 20.1 Å². The average Bonchev–Trinajstić information content (AvgIpc) is 3.48. The van der Waals surface area contributed by atoms with E-state index in [1.54, 1.807) is 16.8 Å². The Labute approximate surface area is 163 Å². The Morgan fingerprint density at radius 3 is 2.79 bits per heavy atom. The molecule has 8 nitrogen and oxygen atoms in total. The number of nitrogens with one attached hydrogen (secondary N) is 2. The second-order valence-corrected chi connectivity index (χ2v) is 9.20. The first kappa shape index (κ1) is 17.6. The zero-order chi connectivity index (χ0) is 19.1. The van der Waals surface area contributed by atoms with Gasteiger partial charge in [-0.2, -0.15) is 9.61 Å². The smallest absolute Gasteiger partial charge is 0.264 e. The van der Waals surface area contributed by atoms with Gasteiger partial charge in [-0.3, -0.25) is 9.71 Å². The molecule has 0 aromatic carbocycles. The largest absolute Gasteiger partial charge is 0.316 e. The lowest BCUT2D eigenvalue weighted by molar-refractivity contribution is 0.455. The van der Waals surface area contributed by atoms with E-state index in [1.165, 1.54) is 12.3 Å². The summed E-state index contributed by atoms with van der Waals surface area (Å²) < 4.78 is 30.0. The summed E-state index contributed by atoms with van der Waals surface area (Å²) in [6.07, 6.45) is 9.11. The van der Waals surface area contributed by atoms with E-state index in [4.69, 9.17) is 4.98 Å². The van der Waals surface area contributed by atoms with Crippen LogP contribution in [0.1, 0.15) is 48.8 Å². The van der Waals surface area contributed by atoms with Crippen molar-refractivity contribution >= 4 is 21.5 Å². The molecule has 1 saturated heterocycles. The first-order chi connectivity index (χ1) is 13.6. The molecule has 1 aliphatic carbocycles. The van der Waals surface area contributed by atoms with Crippen LogP contribution in [-0.4, -0.2) is 41.1 Å². The molecular formula is C19H22N6O2S. The Hall–Kier alpha value is -2.52. The van der Waals surface area contributed by atoms with Crippen LogP contribution in [0.25, 0.3) is 5.65 Å². The summed E-state index contributed by atoms with van der Waals surface area (Å²) in [5, 5.41) is 7.85. The van der Waals surface area contributed by atoms with Crippen molar-refractivity contribution in [2.45, 2.75) is 42.4 Å². The van der Waals surface area contributed by atoms with Crippen molar-refractivity contribution in [3.63, 3.8) is 0 Å². The summed E-state index contributed by atoms with van der Waals surface area (Å²) in [5.41, 5.74) is 2.77. The molecular weight excluding hydrogens is 376 g/mol. The quantitative estimate of drug-likeness (QED) is 0.684. The lowest BCUT2D eigenvalue weighted by Crippen LogP contribution is -2.29. The highest BCUT2D eigenvalue weighted by Crippen LogP contribution is 2.42. The van der Waals surface area contributed by atoms with Gasteiger partial charge in [0.1, 0.15) is 10.7 Å². The third-order valence-electron chi connectivity index (χ3n) is 5.43. The van der Waals surface area contributed by atoms with Gasteiger partial charge in [0.25, 0.3) is 10.0 Å². The minimum atomic E-state index is -3.76. The predicted octanol–water partition coefficient (Wildman–Crippen LogP) is 2.27. The number of sulfonamides is 1. The number of pyridine rings is 1. The van der Waals surface area contributed by atoms with Gasteiger partial charge >= 0.3 is 0 Å². The van der Waals surface area contributed by atoms with Crippen LogP contribution in [0.4, 0.5) is 5.82 Å². The number of nitrogens with zero attached hydrogens (tertiary/aromatic N) is 4. The number of aromatic nitrogens is 4. The Morgan fingerprint density at radius 1 is 1.18 bits per heavy atom. The molecule has 1 saturated carbocycles. The molecule has 3 aromatic heterocycles. The van der Waals surface area contributed by atoms with E-state index < -0.39 is 10.0 Å². The van der Waals surface area contributed by atoms with Crippen molar-refractivity contribution in [1.82, 2.24) is 24.9 Å². The van der Waals surface area contributed by atoms with Crippen LogP contribution in [0.15, 0.2) is 41.7 Å². The van der Waals surface area contributed by atoms with E-state index in [1.807, 2.05) is 12.3 Å². The summed E-state index contributed by atoms with van der Waals surface area (Å²) in [6, 6.07) is 4.95. The number of fused-ring (bicyclic) bond motifs is 1. The Bertz CT molecular complexity index is 1100. The third-order valence-corrected chi connectivity index (χ3v) is 6.77. The second-order valence-electron chi connectivity index (χ2n) is 7.51. The lowest BCUT2D eigenvalue weighted by atomic mass is 9.96. The van der Waals surface area contributed by atoms with Crippen molar-refractivity contribution in [1.29, 1.82) is 0 Å². The summed E-state index contributed by atoms with van der Waals surface area (Å²) in [6.45, 7) is 1.87. The molecule has 0 bridgehead atoms. The van der Waals surface area contributed by atoms with Crippen LogP contribution in [0, 0.1) is 0 Å². The van der Waals surface area contributed by atoms with Crippen LogP contribution in [0.5, 0.6) is 0 Å². The summed E-state index contributed by atoms with van der Waals surface area (Å²) in [5.74, 6) is 1.16. The molecule has 3 aromatic rings. The summed E-state index contributed by atoms with van der Waals surface area (Å²) in [7, 11) is -3.76. The maximum Gasteiger partial charge on any atom is 0.264 e. The molecule has 0 radical (unpaired) electrons. The van der Waals surface area contributed by atoms with Crippen molar-refractivity contribution in [2.24, 2.45) is 0 Å². The maximum absolute atomic E-state index is 12.9. The van der Waals surface area contributed by atoms with Crippen molar-refractivity contribution in [3.05, 3.63) is 48.0 Å². The normalized spacial score (nSPS) is 20.4. The summed E-state index contributed by atoms with van der Waals surface area (Å²) in [4.78, 5) is 8.94. The highest BCUT2D eigenvalue weighted by Gasteiger charge is 2.29. The first-order valence-electron chi connectivity index (χ1n) is 9.64. The molecule has 146 valence electrons. The maximum atomic E-state index is 12.9. The molecule has 1 aliphatic heterocycles. The van der Waals surface area contributed by atoms with E-state index in [-0.39, 0.29) is 10.8 Å². The second kappa shape index (κ2) is 6.82. The van der Waals surface area contributed by atoms with Crippen LogP contribution < -0.4 is 10.0 Å². The third kappa shape index (κ3) is 3.24. The molecule has 9 heteroatoms. The van der Waals surface area contributed by atoms with Crippen molar-refractivity contribution in [2.75, 3.05) is 17.8 Å². The van der Waals surface area contributed by atoms with Gasteiger partial charge in [0.15, 0.2) is 5.65 Å². The molecule has 1 unspecified atom stereocenters. The van der Waals surface area contributed by atoms with Crippen LogP contribution >= 0.6 is 0 Å². The Kier molecular flexibility index (Phi) is 4.28. The SMILES string of the molecule is O=S(=O)(Nc1cc(C2CCCNC2)nc2c(C3CC3)cnn12)c1cccnc1. The molecule has 1 atom stereocenters. The fraction of sp³-hybridized carbons (Fsp3) is 0.421. The molecule has 5 rings (SSSR count). The molecule has 0 amide bonds. The van der Waals surface area contributed by atoms with Crippen molar-refractivity contribution < 1.29 is 8.42 Å². The molecule has 2 N–H and O–H groups in total. The van der Waals surface area contributed by atoms with Gasteiger partial charge < -0.3 is 5.32 Å². The van der Waals surface area contributed by atoms with Crippen LogP contribution in [0.3, 0.4) is 0 Å². The fourth-order valence-corrected chi connectivity index (χ4v) is 4.77. The highest BCUT2D eigenvalue weighted by atomic mass is 32.2. The van der Waals surface area contributed by atoms with Crippen molar-refractivity contribution in [3.8, 4) is 0 Å². The van der Waals surface area contributed by atoms with E-state index in [9.17, 15) is 8.42 Å². The topological polar surface area (TPSA) is 101 Å². The molecule has 2 aliphatic rings. The average molecular weight is 398 g/mol. The fourth-order valence-electron chi connectivity index (χ4n) is 3.77. The van der Waals surface area contributed by atoms with Gasteiger partial charge in [-0.25, -0.2) is 13.4 Å². The zero-order valence-corrected chi connectivity index (χ0v) is 16.2. The molecule has 2 fully saturated rings. The zero-order valence-electron chi connectivity index (χ0n) is 15.4. The lowest BCUT2D eigenvalue weighted by Gasteiger charge is -2.23. The Morgan fingerprint density at radius 2 is 2.07 bits per heavy atom. The van der Waals surface area contributed by atoms with Gasteiger partial charge in [0.2, 0.25) is 0 Å². The number of hydrogen-bond acceptors (Lipinski definition) is 6. The Balaban J connectivity index is 1.60. The molecule has 28 heavy (non-hydrogen) atoms. The minimum absolute atomic E-state index is 0.121. The van der Waals surface area contributed by atoms with Gasteiger partial charge in [-0.15, -0.1) is 0 Å². The van der Waals surface area contributed by atoms with Gasteiger partial charge in [0, 0.05) is 36.5 Å². The monoisotopic (exact) mass is 398 g/mol. The number of anilines is 1. The van der Waals surface area contributed by atoms with E-state index in [0.29, 0.717) is 11.7 Å². The number of piperidine rings is 1. The highest BCUT2D eigenvalue weighted by molar-refractivity contribution is 7.92. The number of hydrogen-bond donors (Lipinski definition) is 2. The van der Waals surface area contributed by atoms with E-state index in [0.717, 1.165) is 55.7 Å².